The number of benzene rings is 2. The molecule has 7 heteroatoms. The summed E-state index contributed by atoms with van der Waals surface area (Å²) in [5, 5.41) is 4.14. The van der Waals surface area contributed by atoms with Gasteiger partial charge in [-0.05, 0) is 43.0 Å². The van der Waals surface area contributed by atoms with Crippen LogP contribution in [0.1, 0.15) is 25.3 Å². The van der Waals surface area contributed by atoms with Crippen molar-refractivity contribution in [2.75, 3.05) is 11.9 Å². The van der Waals surface area contributed by atoms with Gasteiger partial charge in [0.25, 0.3) is 5.92 Å². The molecule has 1 fully saturated rings. The summed E-state index contributed by atoms with van der Waals surface area (Å²) >= 11 is 6.26. The third-order valence-electron chi connectivity index (χ3n) is 4.75. The molecule has 0 atom stereocenters. The van der Waals surface area contributed by atoms with E-state index in [9.17, 15) is 13.6 Å². The molecule has 0 saturated heterocycles. The Kier molecular flexibility index (Phi) is 4.38. The molecule has 0 radical (unpaired) electrons. The van der Waals surface area contributed by atoms with Crippen LogP contribution in [0.3, 0.4) is 0 Å². The highest BCUT2D eigenvalue weighted by Crippen LogP contribution is 2.33. The molecule has 4 rings (SSSR count). The van der Waals surface area contributed by atoms with Crippen LogP contribution in [0.4, 0.5) is 14.6 Å². The van der Waals surface area contributed by atoms with E-state index in [2.05, 4.69) is 10.3 Å². The molecule has 0 spiro atoms. The SMILES string of the molecule is CC(F)(F)c1ccc2c(NCC3CC3)nc(=O)n(-c3ccccc3Cl)c2c1. The van der Waals surface area contributed by atoms with Gasteiger partial charge in [-0.25, -0.2) is 13.6 Å². The zero-order chi connectivity index (χ0) is 19.2. The molecule has 2 aromatic carbocycles. The number of alkyl halides is 2. The van der Waals surface area contributed by atoms with Crippen LogP contribution in [0.2, 0.25) is 5.02 Å². The molecule has 1 N–H and O–H groups in total. The average Bonchev–Trinajstić information content (AvgIpc) is 3.44. The fourth-order valence-corrected chi connectivity index (χ4v) is 3.28. The third kappa shape index (κ3) is 3.54. The Balaban J connectivity index is 1.98. The van der Waals surface area contributed by atoms with Gasteiger partial charge in [0.2, 0.25) is 0 Å². The van der Waals surface area contributed by atoms with Crippen LogP contribution in [0.5, 0.6) is 0 Å². The molecule has 1 aromatic heterocycles. The number of aromatic nitrogens is 2. The van der Waals surface area contributed by atoms with Gasteiger partial charge in [-0.1, -0.05) is 29.8 Å². The number of fused-ring (bicyclic) bond motifs is 1. The van der Waals surface area contributed by atoms with Crippen LogP contribution in [-0.2, 0) is 5.92 Å². The Morgan fingerprint density at radius 3 is 2.67 bits per heavy atom. The Bertz CT molecular complexity index is 1070. The van der Waals surface area contributed by atoms with Crippen LogP contribution >= 0.6 is 11.6 Å². The molecule has 140 valence electrons. The smallest absolute Gasteiger partial charge is 0.354 e. The molecule has 1 saturated carbocycles. The summed E-state index contributed by atoms with van der Waals surface area (Å²) in [6, 6.07) is 11.1. The van der Waals surface area contributed by atoms with Crippen LogP contribution in [0.15, 0.2) is 47.3 Å². The van der Waals surface area contributed by atoms with Crippen molar-refractivity contribution in [1.29, 1.82) is 0 Å². The van der Waals surface area contributed by atoms with Crippen molar-refractivity contribution >= 4 is 28.3 Å². The monoisotopic (exact) mass is 389 g/mol. The van der Waals surface area contributed by atoms with Gasteiger partial charge < -0.3 is 5.32 Å². The number of nitrogens with zero attached hydrogens (tertiary/aromatic N) is 2. The maximum absolute atomic E-state index is 13.9. The van der Waals surface area contributed by atoms with Crippen LogP contribution in [-0.4, -0.2) is 16.1 Å². The average molecular weight is 390 g/mol. The molecule has 1 aliphatic carbocycles. The van der Waals surface area contributed by atoms with Gasteiger partial charge in [0.05, 0.1) is 16.2 Å². The highest BCUT2D eigenvalue weighted by atomic mass is 35.5. The quantitative estimate of drug-likeness (QED) is 0.670. The number of para-hydroxylation sites is 1. The summed E-state index contributed by atoms with van der Waals surface area (Å²) in [6.07, 6.45) is 2.29. The highest BCUT2D eigenvalue weighted by molar-refractivity contribution is 6.32. The first kappa shape index (κ1) is 17.9. The van der Waals surface area contributed by atoms with E-state index in [-0.39, 0.29) is 5.56 Å². The fraction of sp³-hybridized carbons (Fsp3) is 0.300. The van der Waals surface area contributed by atoms with E-state index in [1.54, 1.807) is 30.3 Å². The topological polar surface area (TPSA) is 46.9 Å². The molecule has 27 heavy (non-hydrogen) atoms. The van der Waals surface area contributed by atoms with Gasteiger partial charge in [0.15, 0.2) is 0 Å². The maximum atomic E-state index is 13.9. The minimum atomic E-state index is -3.03. The molecule has 0 unspecified atom stereocenters. The third-order valence-corrected chi connectivity index (χ3v) is 5.07. The Morgan fingerprint density at radius 2 is 2.00 bits per heavy atom. The number of nitrogens with one attached hydrogen (secondary N) is 1. The lowest BCUT2D eigenvalue weighted by molar-refractivity contribution is 0.0176. The van der Waals surface area contributed by atoms with E-state index in [4.69, 9.17) is 11.6 Å². The van der Waals surface area contributed by atoms with Gasteiger partial charge in [0.1, 0.15) is 5.82 Å². The Hall–Kier alpha value is -2.47. The summed E-state index contributed by atoms with van der Waals surface area (Å²) in [5.41, 5.74) is 0.0208. The minimum absolute atomic E-state index is 0.172. The van der Waals surface area contributed by atoms with E-state index in [1.165, 1.54) is 16.7 Å². The van der Waals surface area contributed by atoms with E-state index in [0.717, 1.165) is 19.8 Å². The zero-order valence-corrected chi connectivity index (χ0v) is 15.4. The summed E-state index contributed by atoms with van der Waals surface area (Å²) in [6.45, 7) is 1.54. The molecular formula is C20H18ClF2N3O. The molecular weight excluding hydrogens is 372 g/mol. The maximum Gasteiger partial charge on any atom is 0.354 e. The van der Waals surface area contributed by atoms with E-state index < -0.39 is 11.6 Å². The van der Waals surface area contributed by atoms with Crippen LogP contribution in [0.25, 0.3) is 16.6 Å². The molecule has 3 aromatic rings. The van der Waals surface area contributed by atoms with Crippen molar-refractivity contribution in [2.24, 2.45) is 5.92 Å². The van der Waals surface area contributed by atoms with E-state index in [1.807, 2.05) is 0 Å². The van der Waals surface area contributed by atoms with Crippen molar-refractivity contribution in [3.05, 3.63) is 63.5 Å². The second-order valence-electron chi connectivity index (χ2n) is 6.97. The number of anilines is 1. The van der Waals surface area contributed by atoms with Crippen molar-refractivity contribution in [3.8, 4) is 5.69 Å². The summed E-state index contributed by atoms with van der Waals surface area (Å²) in [4.78, 5) is 17.0. The van der Waals surface area contributed by atoms with Gasteiger partial charge >= 0.3 is 5.69 Å². The first-order valence-corrected chi connectivity index (χ1v) is 9.16. The van der Waals surface area contributed by atoms with Crippen molar-refractivity contribution < 1.29 is 8.78 Å². The number of hydrogen-bond donors (Lipinski definition) is 1. The summed E-state index contributed by atoms with van der Waals surface area (Å²) in [5.74, 6) is -2.04. The van der Waals surface area contributed by atoms with Gasteiger partial charge in [-0.2, -0.15) is 4.98 Å². The fourth-order valence-electron chi connectivity index (χ4n) is 3.06. The van der Waals surface area contributed by atoms with Crippen molar-refractivity contribution in [3.63, 3.8) is 0 Å². The number of halogens is 3. The lowest BCUT2D eigenvalue weighted by Gasteiger charge is -2.17. The van der Waals surface area contributed by atoms with E-state index >= 15 is 0 Å². The van der Waals surface area contributed by atoms with Crippen molar-refractivity contribution in [1.82, 2.24) is 9.55 Å². The van der Waals surface area contributed by atoms with Crippen LogP contribution in [0, 0.1) is 5.92 Å². The lowest BCUT2D eigenvalue weighted by atomic mass is 10.1. The molecule has 1 aliphatic rings. The van der Waals surface area contributed by atoms with E-state index in [0.29, 0.717) is 39.9 Å². The zero-order valence-electron chi connectivity index (χ0n) is 14.7. The standard InChI is InChI=1S/C20H18ClF2N3O/c1-20(22,23)13-8-9-14-17(10-13)26(16-5-3-2-4-15(16)21)19(27)25-18(14)24-11-12-6-7-12/h2-5,8-10,12H,6-7,11H2,1H3,(H,24,25,27). The normalized spacial score (nSPS) is 14.5. The molecule has 4 nitrogen and oxygen atoms in total. The minimum Gasteiger partial charge on any atom is -0.369 e. The predicted octanol–water partition coefficient (Wildman–Crippen LogP) is 4.97. The largest absolute Gasteiger partial charge is 0.369 e. The summed E-state index contributed by atoms with van der Waals surface area (Å²) < 4.78 is 29.1. The Labute approximate surface area is 159 Å². The number of rotatable bonds is 5. The van der Waals surface area contributed by atoms with Crippen LogP contribution < -0.4 is 11.0 Å². The first-order valence-electron chi connectivity index (χ1n) is 8.78. The molecule has 1 heterocycles. The predicted molar refractivity (Wildman–Crippen MR) is 103 cm³/mol. The lowest BCUT2D eigenvalue weighted by Crippen LogP contribution is -2.24. The van der Waals surface area contributed by atoms with Gasteiger partial charge in [-0.3, -0.25) is 4.57 Å². The molecule has 0 amide bonds. The molecule has 0 aliphatic heterocycles. The number of hydrogen-bond acceptors (Lipinski definition) is 3. The highest BCUT2D eigenvalue weighted by Gasteiger charge is 2.26. The second-order valence-corrected chi connectivity index (χ2v) is 7.38. The second kappa shape index (κ2) is 6.60. The summed E-state index contributed by atoms with van der Waals surface area (Å²) in [7, 11) is 0. The van der Waals surface area contributed by atoms with Gasteiger partial charge in [0, 0.05) is 24.4 Å². The van der Waals surface area contributed by atoms with Gasteiger partial charge in [-0.15, -0.1) is 0 Å². The van der Waals surface area contributed by atoms with Crippen molar-refractivity contribution in [2.45, 2.75) is 25.7 Å². The molecule has 0 bridgehead atoms. The Morgan fingerprint density at radius 1 is 1.26 bits per heavy atom. The first-order chi connectivity index (χ1) is 12.8.